The van der Waals surface area contributed by atoms with E-state index in [1.54, 1.807) is 0 Å². The van der Waals surface area contributed by atoms with Gasteiger partial charge in [0, 0.05) is 12.7 Å². The molecule has 6 heteroatoms. The first kappa shape index (κ1) is 15.6. The van der Waals surface area contributed by atoms with Gasteiger partial charge in [0.25, 0.3) is 0 Å². The molecule has 0 saturated heterocycles. The molecule has 0 saturated carbocycles. The predicted octanol–water partition coefficient (Wildman–Crippen LogP) is 2.81. The number of benzene rings is 1. The summed E-state index contributed by atoms with van der Waals surface area (Å²) < 4.78 is 1.88. The Hall–Kier alpha value is -1.82. The molecule has 0 bridgehead atoms. The minimum atomic E-state index is -0.238. The van der Waals surface area contributed by atoms with E-state index in [0.29, 0.717) is 0 Å². The lowest BCUT2D eigenvalue weighted by molar-refractivity contribution is -0.115. The first-order valence-corrected chi connectivity index (χ1v) is 7.81. The Kier molecular flexibility index (Phi) is 5.01. The summed E-state index contributed by atoms with van der Waals surface area (Å²) in [6, 6.07) is 7.92. The minimum Gasteiger partial charge on any atom is -0.325 e. The molecule has 5 nitrogen and oxygen atoms in total. The molecule has 1 aromatic carbocycles. The van der Waals surface area contributed by atoms with Crippen molar-refractivity contribution in [2.75, 3.05) is 5.32 Å². The van der Waals surface area contributed by atoms with Gasteiger partial charge < -0.3 is 9.88 Å². The third-order valence-electron chi connectivity index (χ3n) is 3.33. The molecular weight excluding hydrogens is 284 g/mol. The number of hydrogen-bond acceptors (Lipinski definition) is 4. The number of amides is 1. The SMILES string of the molecule is CCc1ccc(NC(=O)[C@H](C)Sc2nnc(C)n2C)cc1. The van der Waals surface area contributed by atoms with E-state index in [4.69, 9.17) is 0 Å². The number of rotatable bonds is 5. The van der Waals surface area contributed by atoms with Crippen LogP contribution in [0, 0.1) is 6.92 Å². The van der Waals surface area contributed by atoms with Gasteiger partial charge in [-0.1, -0.05) is 30.8 Å². The van der Waals surface area contributed by atoms with Crippen molar-refractivity contribution in [1.82, 2.24) is 14.8 Å². The van der Waals surface area contributed by atoms with E-state index in [1.807, 2.05) is 49.7 Å². The maximum Gasteiger partial charge on any atom is 0.237 e. The molecule has 0 aliphatic carbocycles. The molecule has 1 heterocycles. The molecular formula is C15H20N4OS. The Bertz CT molecular complexity index is 621. The highest BCUT2D eigenvalue weighted by atomic mass is 32.2. The van der Waals surface area contributed by atoms with Gasteiger partial charge >= 0.3 is 0 Å². The van der Waals surface area contributed by atoms with Gasteiger partial charge in [0.2, 0.25) is 5.91 Å². The van der Waals surface area contributed by atoms with Gasteiger partial charge in [-0.2, -0.15) is 0 Å². The Morgan fingerprint density at radius 2 is 2.00 bits per heavy atom. The lowest BCUT2D eigenvalue weighted by Crippen LogP contribution is -2.22. The zero-order valence-corrected chi connectivity index (χ0v) is 13.6. The molecule has 1 N–H and O–H groups in total. The molecule has 2 rings (SSSR count). The average molecular weight is 304 g/mol. The maximum atomic E-state index is 12.2. The van der Waals surface area contributed by atoms with Gasteiger partial charge in [-0.3, -0.25) is 4.79 Å². The van der Waals surface area contributed by atoms with Crippen molar-refractivity contribution in [3.63, 3.8) is 0 Å². The van der Waals surface area contributed by atoms with Gasteiger partial charge in [-0.25, -0.2) is 0 Å². The number of aryl methyl sites for hydroxylation is 2. The Morgan fingerprint density at radius 1 is 1.33 bits per heavy atom. The van der Waals surface area contributed by atoms with Crippen molar-refractivity contribution in [3.05, 3.63) is 35.7 Å². The van der Waals surface area contributed by atoms with Crippen LogP contribution >= 0.6 is 11.8 Å². The summed E-state index contributed by atoms with van der Waals surface area (Å²) in [7, 11) is 1.89. The number of carbonyl (C=O) groups excluding carboxylic acids is 1. The lowest BCUT2D eigenvalue weighted by atomic mass is 10.1. The van der Waals surface area contributed by atoms with Gasteiger partial charge in [-0.15, -0.1) is 10.2 Å². The molecule has 112 valence electrons. The van der Waals surface area contributed by atoms with Crippen molar-refractivity contribution in [2.45, 2.75) is 37.6 Å². The van der Waals surface area contributed by atoms with Gasteiger partial charge in [0.05, 0.1) is 5.25 Å². The van der Waals surface area contributed by atoms with Crippen molar-refractivity contribution in [2.24, 2.45) is 7.05 Å². The Balaban J connectivity index is 1.97. The number of thioether (sulfide) groups is 1. The van der Waals surface area contributed by atoms with Crippen LogP contribution in [0.25, 0.3) is 0 Å². The number of carbonyl (C=O) groups is 1. The summed E-state index contributed by atoms with van der Waals surface area (Å²) in [5, 5.41) is 11.5. The van der Waals surface area contributed by atoms with Crippen molar-refractivity contribution >= 4 is 23.4 Å². The lowest BCUT2D eigenvalue weighted by Gasteiger charge is -2.11. The van der Waals surface area contributed by atoms with Crippen molar-refractivity contribution < 1.29 is 4.79 Å². The van der Waals surface area contributed by atoms with Crippen LogP contribution in [0.3, 0.4) is 0 Å². The maximum absolute atomic E-state index is 12.2. The highest BCUT2D eigenvalue weighted by molar-refractivity contribution is 8.00. The summed E-state index contributed by atoms with van der Waals surface area (Å²) in [4.78, 5) is 12.2. The van der Waals surface area contributed by atoms with Crippen LogP contribution in [-0.2, 0) is 18.3 Å². The van der Waals surface area contributed by atoms with Gasteiger partial charge in [-0.05, 0) is 38.0 Å². The Labute approximate surface area is 129 Å². The van der Waals surface area contributed by atoms with E-state index in [9.17, 15) is 4.79 Å². The molecule has 2 aromatic rings. The van der Waals surface area contributed by atoms with Crippen LogP contribution in [0.4, 0.5) is 5.69 Å². The smallest absolute Gasteiger partial charge is 0.237 e. The fourth-order valence-electron chi connectivity index (χ4n) is 1.77. The molecule has 0 unspecified atom stereocenters. The fraction of sp³-hybridized carbons (Fsp3) is 0.400. The molecule has 0 aliphatic heterocycles. The minimum absolute atomic E-state index is 0.0371. The van der Waals surface area contributed by atoms with Crippen LogP contribution in [0.2, 0.25) is 0 Å². The molecule has 1 amide bonds. The summed E-state index contributed by atoms with van der Waals surface area (Å²) >= 11 is 1.40. The van der Waals surface area contributed by atoms with Crippen LogP contribution in [0.1, 0.15) is 25.2 Å². The normalized spacial score (nSPS) is 12.2. The molecule has 0 spiro atoms. The van der Waals surface area contributed by atoms with Crippen LogP contribution in [-0.4, -0.2) is 25.9 Å². The summed E-state index contributed by atoms with van der Waals surface area (Å²) in [5.74, 6) is 0.796. The molecule has 0 radical (unpaired) electrons. The van der Waals surface area contributed by atoms with E-state index in [-0.39, 0.29) is 11.2 Å². The monoisotopic (exact) mass is 304 g/mol. The standard InChI is InChI=1S/C15H20N4OS/c1-5-12-6-8-13(9-7-12)16-14(20)10(2)21-15-18-17-11(3)19(15)4/h6-10H,5H2,1-4H3,(H,16,20)/t10-/m0/s1. The van der Waals surface area contributed by atoms with E-state index in [1.165, 1.54) is 17.3 Å². The molecule has 1 aromatic heterocycles. The molecule has 0 fully saturated rings. The number of hydrogen-bond donors (Lipinski definition) is 1. The first-order chi connectivity index (χ1) is 10.0. The van der Waals surface area contributed by atoms with E-state index in [0.717, 1.165) is 23.1 Å². The summed E-state index contributed by atoms with van der Waals surface area (Å²) in [6.07, 6.45) is 0.992. The third-order valence-corrected chi connectivity index (χ3v) is 4.47. The summed E-state index contributed by atoms with van der Waals surface area (Å²) in [6.45, 7) is 5.86. The second-order valence-corrected chi connectivity index (χ2v) is 6.20. The fourth-order valence-corrected chi connectivity index (χ4v) is 2.63. The Morgan fingerprint density at radius 3 is 2.52 bits per heavy atom. The van der Waals surface area contributed by atoms with Crippen LogP contribution in [0.5, 0.6) is 0 Å². The molecule has 21 heavy (non-hydrogen) atoms. The summed E-state index contributed by atoms with van der Waals surface area (Å²) in [5.41, 5.74) is 2.07. The number of anilines is 1. The largest absolute Gasteiger partial charge is 0.325 e. The van der Waals surface area contributed by atoms with E-state index >= 15 is 0 Å². The first-order valence-electron chi connectivity index (χ1n) is 6.93. The molecule has 1 atom stereocenters. The zero-order valence-electron chi connectivity index (χ0n) is 12.8. The van der Waals surface area contributed by atoms with Crippen LogP contribution < -0.4 is 5.32 Å². The van der Waals surface area contributed by atoms with Gasteiger partial charge in [0.1, 0.15) is 5.82 Å². The molecule has 0 aliphatic rings. The van der Waals surface area contributed by atoms with Crippen molar-refractivity contribution in [1.29, 1.82) is 0 Å². The number of aromatic nitrogens is 3. The number of nitrogens with zero attached hydrogens (tertiary/aromatic N) is 3. The average Bonchev–Trinajstić information content (AvgIpc) is 2.80. The van der Waals surface area contributed by atoms with Gasteiger partial charge in [0.15, 0.2) is 5.16 Å². The highest BCUT2D eigenvalue weighted by Gasteiger charge is 2.18. The highest BCUT2D eigenvalue weighted by Crippen LogP contribution is 2.22. The van der Waals surface area contributed by atoms with E-state index in [2.05, 4.69) is 22.4 Å². The zero-order chi connectivity index (χ0) is 15.4. The second kappa shape index (κ2) is 6.76. The van der Waals surface area contributed by atoms with E-state index < -0.39 is 0 Å². The number of nitrogens with one attached hydrogen (secondary N) is 1. The second-order valence-electron chi connectivity index (χ2n) is 4.89. The van der Waals surface area contributed by atoms with Crippen molar-refractivity contribution in [3.8, 4) is 0 Å². The quantitative estimate of drug-likeness (QED) is 0.863. The third kappa shape index (κ3) is 3.85. The van der Waals surface area contributed by atoms with Crippen LogP contribution in [0.15, 0.2) is 29.4 Å². The topological polar surface area (TPSA) is 59.8 Å². The predicted molar refractivity (Wildman–Crippen MR) is 85.5 cm³/mol.